The third kappa shape index (κ3) is 2.32. The normalized spacial score (nSPS) is 10.2. The number of Topliss-reactive ketones (excluding diaryl/α,β-unsaturated/α-hetero) is 1. The van der Waals surface area contributed by atoms with Crippen molar-refractivity contribution >= 4 is 33.3 Å². The maximum absolute atomic E-state index is 11.3. The molecule has 0 unspecified atom stereocenters. The molecule has 0 atom stereocenters. The first-order chi connectivity index (χ1) is 6.06. The van der Waals surface area contributed by atoms with Gasteiger partial charge in [0.25, 0.3) is 0 Å². The molecule has 0 spiro atoms. The van der Waals surface area contributed by atoms with E-state index in [1.807, 2.05) is 26.0 Å². The average Bonchev–Trinajstić information content (AvgIpc) is 2.12. The average molecular weight is 262 g/mol. The Morgan fingerprint density at radius 1 is 1.38 bits per heavy atom. The molecule has 0 saturated heterocycles. The van der Waals surface area contributed by atoms with Crippen molar-refractivity contribution < 1.29 is 4.79 Å². The number of rotatable bonds is 2. The van der Waals surface area contributed by atoms with Crippen LogP contribution in [0, 0.1) is 13.8 Å². The number of benzene rings is 1. The van der Waals surface area contributed by atoms with Crippen LogP contribution in [0.4, 0.5) is 0 Å². The molecule has 0 N–H and O–H groups in total. The second-order valence-electron chi connectivity index (χ2n) is 2.98. The Bertz CT molecular complexity index is 324. The number of carbonyl (C=O) groups excluding carboxylic acids is 1. The summed E-state index contributed by atoms with van der Waals surface area (Å²) in [5.74, 6) is 0.0860. The highest BCUT2D eigenvalue weighted by Gasteiger charge is 2.07. The molecule has 1 rings (SSSR count). The smallest absolute Gasteiger partial charge is 0.173 e. The zero-order valence-electron chi connectivity index (χ0n) is 7.53. The molecule has 0 aromatic heterocycles. The lowest BCUT2D eigenvalue weighted by Gasteiger charge is -2.05. The Balaban J connectivity index is 3.20. The monoisotopic (exact) mass is 260 g/mol. The Hall–Kier alpha value is -0.340. The van der Waals surface area contributed by atoms with Crippen molar-refractivity contribution in [2.45, 2.75) is 13.8 Å². The molecule has 0 fully saturated rings. The summed E-state index contributed by atoms with van der Waals surface area (Å²) < 4.78 is 0. The van der Waals surface area contributed by atoms with Crippen LogP contribution in [0.25, 0.3) is 0 Å². The van der Waals surface area contributed by atoms with Crippen molar-refractivity contribution in [2.75, 3.05) is 5.33 Å². The van der Waals surface area contributed by atoms with Crippen molar-refractivity contribution in [2.24, 2.45) is 0 Å². The van der Waals surface area contributed by atoms with Crippen molar-refractivity contribution in [1.82, 2.24) is 0 Å². The van der Waals surface area contributed by atoms with Gasteiger partial charge in [0, 0.05) is 10.6 Å². The van der Waals surface area contributed by atoms with Crippen LogP contribution in [0.3, 0.4) is 0 Å². The van der Waals surface area contributed by atoms with E-state index in [-0.39, 0.29) is 5.78 Å². The third-order valence-electron chi connectivity index (χ3n) is 1.88. The lowest BCUT2D eigenvalue weighted by molar-refractivity contribution is 0.102. The molecule has 0 aliphatic heterocycles. The minimum absolute atomic E-state index is 0.0860. The lowest BCUT2D eigenvalue weighted by Crippen LogP contribution is -2.01. The zero-order valence-corrected chi connectivity index (χ0v) is 9.87. The van der Waals surface area contributed by atoms with Crippen LogP contribution in [0.2, 0.25) is 5.02 Å². The predicted molar refractivity (Wildman–Crippen MR) is 59.1 cm³/mol. The minimum Gasteiger partial charge on any atom is -0.293 e. The van der Waals surface area contributed by atoms with Crippen LogP contribution in [0.15, 0.2) is 12.1 Å². The molecule has 1 nitrogen and oxygen atoms in total. The largest absolute Gasteiger partial charge is 0.293 e. The molecule has 0 amide bonds. The molecule has 0 heterocycles. The first-order valence-electron chi connectivity index (χ1n) is 3.92. The first kappa shape index (κ1) is 10.7. The fourth-order valence-electron chi connectivity index (χ4n) is 1.18. The standard InChI is InChI=1S/C10H10BrClO/c1-6-3-8(9(13)5-11)4-7(2)10(6)12/h3-4H,5H2,1-2H3. The highest BCUT2D eigenvalue weighted by molar-refractivity contribution is 9.09. The van der Waals surface area contributed by atoms with Crippen LogP contribution >= 0.6 is 27.5 Å². The summed E-state index contributed by atoms with van der Waals surface area (Å²) in [4.78, 5) is 11.3. The maximum Gasteiger partial charge on any atom is 0.173 e. The van der Waals surface area contributed by atoms with Gasteiger partial charge in [-0.2, -0.15) is 0 Å². The van der Waals surface area contributed by atoms with Gasteiger partial charge in [0.1, 0.15) is 0 Å². The third-order valence-corrected chi connectivity index (χ3v) is 2.99. The number of ketones is 1. The number of carbonyl (C=O) groups is 1. The fourth-order valence-corrected chi connectivity index (χ4v) is 1.62. The van der Waals surface area contributed by atoms with E-state index < -0.39 is 0 Å². The van der Waals surface area contributed by atoms with Crippen LogP contribution in [-0.4, -0.2) is 11.1 Å². The van der Waals surface area contributed by atoms with Gasteiger partial charge in [-0.05, 0) is 37.1 Å². The van der Waals surface area contributed by atoms with Gasteiger partial charge in [-0.1, -0.05) is 27.5 Å². The van der Waals surface area contributed by atoms with E-state index in [0.29, 0.717) is 5.33 Å². The molecular weight excluding hydrogens is 251 g/mol. The van der Waals surface area contributed by atoms with Crippen LogP contribution in [0.5, 0.6) is 0 Å². The maximum atomic E-state index is 11.3. The highest BCUT2D eigenvalue weighted by Crippen LogP contribution is 2.22. The van der Waals surface area contributed by atoms with Crippen molar-refractivity contribution in [3.05, 3.63) is 33.8 Å². The van der Waals surface area contributed by atoms with E-state index in [2.05, 4.69) is 15.9 Å². The number of alkyl halides is 1. The van der Waals surface area contributed by atoms with Crippen molar-refractivity contribution in [3.63, 3.8) is 0 Å². The number of hydrogen-bond acceptors (Lipinski definition) is 1. The number of hydrogen-bond donors (Lipinski definition) is 0. The topological polar surface area (TPSA) is 17.1 Å². The highest BCUT2D eigenvalue weighted by atomic mass is 79.9. The lowest BCUT2D eigenvalue weighted by atomic mass is 10.1. The summed E-state index contributed by atoms with van der Waals surface area (Å²) in [6.45, 7) is 3.81. The van der Waals surface area contributed by atoms with Gasteiger partial charge in [0.2, 0.25) is 0 Å². The van der Waals surface area contributed by atoms with Gasteiger partial charge in [-0.25, -0.2) is 0 Å². The molecule has 0 bridgehead atoms. The summed E-state index contributed by atoms with van der Waals surface area (Å²) in [7, 11) is 0. The molecule has 1 aromatic carbocycles. The molecular formula is C10H10BrClO. The predicted octanol–water partition coefficient (Wildman–Crippen LogP) is 3.53. The van der Waals surface area contributed by atoms with Crippen LogP contribution in [0.1, 0.15) is 21.5 Å². The first-order valence-corrected chi connectivity index (χ1v) is 5.42. The van der Waals surface area contributed by atoms with Crippen molar-refractivity contribution in [3.8, 4) is 0 Å². The summed E-state index contributed by atoms with van der Waals surface area (Å²) in [5, 5.41) is 1.10. The Kier molecular flexibility index (Phi) is 3.51. The second kappa shape index (κ2) is 4.25. The van der Waals surface area contributed by atoms with Gasteiger partial charge < -0.3 is 0 Å². The number of halogens is 2. The summed E-state index contributed by atoms with van der Waals surface area (Å²) in [6.07, 6.45) is 0. The van der Waals surface area contributed by atoms with E-state index in [4.69, 9.17) is 11.6 Å². The van der Waals surface area contributed by atoms with E-state index in [1.165, 1.54) is 0 Å². The molecule has 0 aliphatic carbocycles. The molecule has 13 heavy (non-hydrogen) atoms. The van der Waals surface area contributed by atoms with E-state index in [1.54, 1.807) is 0 Å². The van der Waals surface area contributed by atoms with Gasteiger partial charge in [0.05, 0.1) is 5.33 Å². The fraction of sp³-hybridized carbons (Fsp3) is 0.300. The Labute approximate surface area is 91.2 Å². The van der Waals surface area contributed by atoms with Gasteiger partial charge in [0.15, 0.2) is 5.78 Å². The number of aryl methyl sites for hydroxylation is 2. The quantitative estimate of drug-likeness (QED) is 0.588. The van der Waals surface area contributed by atoms with Crippen LogP contribution < -0.4 is 0 Å². The van der Waals surface area contributed by atoms with Gasteiger partial charge in [-0.3, -0.25) is 4.79 Å². The molecule has 0 saturated carbocycles. The Morgan fingerprint density at radius 2 is 1.85 bits per heavy atom. The SMILES string of the molecule is Cc1cc(C(=O)CBr)cc(C)c1Cl. The van der Waals surface area contributed by atoms with Crippen LogP contribution in [-0.2, 0) is 0 Å². The summed E-state index contributed by atoms with van der Waals surface area (Å²) in [6, 6.07) is 3.64. The molecule has 70 valence electrons. The summed E-state index contributed by atoms with van der Waals surface area (Å²) in [5.41, 5.74) is 2.62. The minimum atomic E-state index is 0.0860. The second-order valence-corrected chi connectivity index (χ2v) is 3.92. The summed E-state index contributed by atoms with van der Waals surface area (Å²) >= 11 is 9.11. The van der Waals surface area contributed by atoms with E-state index >= 15 is 0 Å². The zero-order chi connectivity index (χ0) is 10.0. The Morgan fingerprint density at radius 3 is 2.23 bits per heavy atom. The molecule has 1 aromatic rings. The molecule has 0 aliphatic rings. The van der Waals surface area contributed by atoms with Crippen molar-refractivity contribution in [1.29, 1.82) is 0 Å². The van der Waals surface area contributed by atoms with E-state index in [0.717, 1.165) is 21.7 Å². The van der Waals surface area contributed by atoms with Gasteiger partial charge in [-0.15, -0.1) is 0 Å². The molecule has 0 radical (unpaired) electrons. The van der Waals surface area contributed by atoms with E-state index in [9.17, 15) is 4.79 Å². The molecule has 3 heteroatoms. The van der Waals surface area contributed by atoms with Gasteiger partial charge >= 0.3 is 0 Å².